The minimum absolute atomic E-state index is 0.159. The summed E-state index contributed by atoms with van der Waals surface area (Å²) in [5.74, 6) is -0.535. The second kappa shape index (κ2) is 7.79. The van der Waals surface area contributed by atoms with Gasteiger partial charge in [-0.25, -0.2) is 4.79 Å². The Morgan fingerprint density at radius 2 is 2.04 bits per heavy atom. The number of ether oxygens (including phenoxy) is 1. The molecule has 0 aliphatic heterocycles. The highest BCUT2D eigenvalue weighted by Gasteiger charge is 2.21. The van der Waals surface area contributed by atoms with Gasteiger partial charge in [0.15, 0.2) is 6.61 Å². The summed E-state index contributed by atoms with van der Waals surface area (Å²) in [5.41, 5.74) is 2.87. The number of benzene rings is 1. The molecular formula is C19H20N2O4. The molecule has 0 saturated heterocycles. The third-order valence-corrected chi connectivity index (χ3v) is 4.30. The molecule has 1 atom stereocenters. The minimum atomic E-state index is -1.04. The average molecular weight is 340 g/mol. The van der Waals surface area contributed by atoms with Crippen molar-refractivity contribution in [1.29, 1.82) is 0 Å². The van der Waals surface area contributed by atoms with Crippen molar-refractivity contribution in [3.05, 3.63) is 59.4 Å². The fourth-order valence-electron chi connectivity index (χ4n) is 3.07. The molecule has 1 amide bonds. The number of rotatable bonds is 6. The second-order valence-electron chi connectivity index (χ2n) is 6.05. The number of carboxylic acid groups (broad SMARTS) is 1. The molecule has 6 heteroatoms. The number of aromatic nitrogens is 1. The monoisotopic (exact) mass is 340 g/mol. The molecule has 130 valence electrons. The predicted molar refractivity (Wildman–Crippen MR) is 91.8 cm³/mol. The van der Waals surface area contributed by atoms with Crippen molar-refractivity contribution in [3.8, 4) is 5.75 Å². The Morgan fingerprint density at radius 1 is 1.24 bits per heavy atom. The fraction of sp³-hybridized carbons (Fsp3) is 0.316. The van der Waals surface area contributed by atoms with Crippen LogP contribution in [0.2, 0.25) is 0 Å². The van der Waals surface area contributed by atoms with Crippen LogP contribution >= 0.6 is 0 Å². The van der Waals surface area contributed by atoms with Crippen LogP contribution in [0.3, 0.4) is 0 Å². The van der Waals surface area contributed by atoms with E-state index in [2.05, 4.69) is 16.4 Å². The summed E-state index contributed by atoms with van der Waals surface area (Å²) in [6.45, 7) is 0.153. The van der Waals surface area contributed by atoms with Gasteiger partial charge in [0, 0.05) is 29.9 Å². The molecule has 25 heavy (non-hydrogen) atoms. The first-order chi connectivity index (χ1) is 12.1. The first-order valence-electron chi connectivity index (χ1n) is 8.30. The molecule has 1 unspecified atom stereocenters. The summed E-state index contributed by atoms with van der Waals surface area (Å²) < 4.78 is 5.06. The molecule has 0 spiro atoms. The van der Waals surface area contributed by atoms with E-state index in [0.29, 0.717) is 17.9 Å². The molecule has 2 N–H and O–H groups in total. The molecule has 0 fully saturated rings. The maximum Gasteiger partial charge on any atom is 0.341 e. The van der Waals surface area contributed by atoms with Crippen molar-refractivity contribution in [3.63, 3.8) is 0 Å². The Labute approximate surface area is 145 Å². The quantitative estimate of drug-likeness (QED) is 0.843. The van der Waals surface area contributed by atoms with Crippen molar-refractivity contribution in [2.24, 2.45) is 0 Å². The van der Waals surface area contributed by atoms with Crippen LogP contribution in [-0.4, -0.2) is 35.1 Å². The largest absolute Gasteiger partial charge is 0.482 e. The third-order valence-electron chi connectivity index (χ3n) is 4.30. The number of carboxylic acids is 1. The summed E-state index contributed by atoms with van der Waals surface area (Å²) >= 11 is 0. The van der Waals surface area contributed by atoms with Crippen LogP contribution in [0.4, 0.5) is 0 Å². The van der Waals surface area contributed by atoms with Gasteiger partial charge in [0.25, 0.3) is 5.91 Å². The van der Waals surface area contributed by atoms with E-state index in [4.69, 9.17) is 9.84 Å². The number of nitrogens with one attached hydrogen (secondary N) is 1. The smallest absolute Gasteiger partial charge is 0.341 e. The van der Waals surface area contributed by atoms with Gasteiger partial charge in [0.05, 0.1) is 0 Å². The Bertz CT molecular complexity index is 758. The second-order valence-corrected chi connectivity index (χ2v) is 6.05. The zero-order chi connectivity index (χ0) is 17.6. The van der Waals surface area contributed by atoms with Crippen molar-refractivity contribution >= 4 is 11.9 Å². The van der Waals surface area contributed by atoms with Crippen molar-refractivity contribution in [2.45, 2.75) is 25.2 Å². The van der Waals surface area contributed by atoms with Gasteiger partial charge in [-0.1, -0.05) is 6.07 Å². The lowest BCUT2D eigenvalue weighted by Crippen LogP contribution is -2.30. The number of aryl methyl sites for hydroxylation is 1. The molecule has 6 nitrogen and oxygen atoms in total. The first-order valence-corrected chi connectivity index (χ1v) is 8.30. The van der Waals surface area contributed by atoms with Crippen LogP contribution in [0.25, 0.3) is 0 Å². The topological polar surface area (TPSA) is 88.5 Å². The molecule has 2 aromatic rings. The Hall–Kier alpha value is -2.89. The molecule has 3 rings (SSSR count). The summed E-state index contributed by atoms with van der Waals surface area (Å²) in [4.78, 5) is 27.3. The van der Waals surface area contributed by atoms with Gasteiger partial charge in [-0.3, -0.25) is 9.78 Å². The lowest BCUT2D eigenvalue weighted by molar-refractivity contribution is -0.139. The van der Waals surface area contributed by atoms with Crippen LogP contribution in [0, 0.1) is 0 Å². The van der Waals surface area contributed by atoms with E-state index in [-0.39, 0.29) is 11.8 Å². The zero-order valence-electron chi connectivity index (χ0n) is 13.8. The van der Waals surface area contributed by atoms with Gasteiger partial charge in [0.1, 0.15) is 5.75 Å². The SMILES string of the molecule is O=C(O)COc1ccc(C(=O)NCC2CCCc3cccnc32)cc1. The molecule has 0 saturated carbocycles. The van der Waals surface area contributed by atoms with Crippen molar-refractivity contribution in [2.75, 3.05) is 13.2 Å². The molecule has 1 aromatic carbocycles. The average Bonchev–Trinajstić information content (AvgIpc) is 2.64. The van der Waals surface area contributed by atoms with Crippen LogP contribution in [0.1, 0.15) is 40.4 Å². The van der Waals surface area contributed by atoms with Gasteiger partial charge < -0.3 is 15.2 Å². The van der Waals surface area contributed by atoms with Crippen LogP contribution in [0.5, 0.6) is 5.75 Å². The van der Waals surface area contributed by atoms with Gasteiger partial charge in [-0.15, -0.1) is 0 Å². The van der Waals surface area contributed by atoms with E-state index in [1.807, 2.05) is 6.07 Å². The molecule has 1 aliphatic rings. The highest BCUT2D eigenvalue weighted by atomic mass is 16.5. The minimum Gasteiger partial charge on any atom is -0.482 e. The number of aliphatic carboxylic acids is 1. The standard InChI is InChI=1S/C19H20N2O4/c22-17(23)12-25-16-8-6-14(7-9-16)19(24)21-11-15-4-1-3-13-5-2-10-20-18(13)15/h2,5-10,15H,1,3-4,11-12H2,(H,21,24)(H,22,23). The molecule has 1 aromatic heterocycles. The Morgan fingerprint density at radius 3 is 2.80 bits per heavy atom. The van der Waals surface area contributed by atoms with Crippen LogP contribution in [-0.2, 0) is 11.2 Å². The number of amides is 1. The number of nitrogens with zero attached hydrogens (tertiary/aromatic N) is 1. The maximum absolute atomic E-state index is 12.3. The van der Waals surface area contributed by atoms with Gasteiger partial charge in [-0.05, 0) is 55.2 Å². The zero-order valence-corrected chi connectivity index (χ0v) is 13.8. The normalized spacial score (nSPS) is 15.9. The molecule has 1 aliphatic carbocycles. The summed E-state index contributed by atoms with van der Waals surface area (Å²) in [7, 11) is 0. The van der Waals surface area contributed by atoms with E-state index in [9.17, 15) is 9.59 Å². The predicted octanol–water partition coefficient (Wildman–Crippen LogP) is 2.39. The van der Waals surface area contributed by atoms with Crippen LogP contribution in [0.15, 0.2) is 42.6 Å². The molecule has 0 bridgehead atoms. The number of hydrogen-bond donors (Lipinski definition) is 2. The molecular weight excluding hydrogens is 320 g/mol. The molecule has 1 heterocycles. The summed E-state index contributed by atoms with van der Waals surface area (Å²) in [5, 5.41) is 11.6. The lowest BCUT2D eigenvalue weighted by atomic mass is 9.86. The maximum atomic E-state index is 12.3. The number of hydrogen-bond acceptors (Lipinski definition) is 4. The highest BCUT2D eigenvalue weighted by molar-refractivity contribution is 5.94. The van der Waals surface area contributed by atoms with Gasteiger partial charge in [0.2, 0.25) is 0 Å². The van der Waals surface area contributed by atoms with Crippen molar-refractivity contribution in [1.82, 2.24) is 10.3 Å². The van der Waals surface area contributed by atoms with E-state index in [1.54, 1.807) is 30.5 Å². The number of fused-ring (bicyclic) bond motifs is 1. The molecule has 0 radical (unpaired) electrons. The highest BCUT2D eigenvalue weighted by Crippen LogP contribution is 2.29. The van der Waals surface area contributed by atoms with Gasteiger partial charge in [-0.2, -0.15) is 0 Å². The van der Waals surface area contributed by atoms with E-state index >= 15 is 0 Å². The van der Waals surface area contributed by atoms with Crippen molar-refractivity contribution < 1.29 is 19.4 Å². The Kier molecular flexibility index (Phi) is 5.28. The lowest BCUT2D eigenvalue weighted by Gasteiger charge is -2.24. The number of carbonyl (C=O) groups is 2. The number of carbonyl (C=O) groups excluding carboxylic acids is 1. The van der Waals surface area contributed by atoms with Crippen LogP contribution < -0.4 is 10.1 Å². The van der Waals surface area contributed by atoms with E-state index in [1.165, 1.54) is 5.56 Å². The van der Waals surface area contributed by atoms with Gasteiger partial charge >= 0.3 is 5.97 Å². The van der Waals surface area contributed by atoms with E-state index < -0.39 is 12.6 Å². The number of pyridine rings is 1. The fourth-order valence-corrected chi connectivity index (χ4v) is 3.07. The summed E-state index contributed by atoms with van der Waals surface area (Å²) in [6, 6.07) is 10.5. The summed E-state index contributed by atoms with van der Waals surface area (Å²) in [6.07, 6.45) is 4.97. The van der Waals surface area contributed by atoms with E-state index in [0.717, 1.165) is 25.0 Å². The Balaban J connectivity index is 1.57. The third kappa shape index (κ3) is 4.35. The first kappa shape index (κ1) is 17.0.